The number of hydrogen-bond donors (Lipinski definition) is 0. The normalized spacial score (nSPS) is 11.9. The Bertz CT molecular complexity index is 407. The Morgan fingerprint density at radius 3 is 2.42 bits per heavy atom. The molecule has 0 heterocycles. The Labute approximate surface area is 122 Å². The first kappa shape index (κ1) is 17.7. The number of hydrogen-bond acceptors (Lipinski definition) is 2. The maximum absolute atomic E-state index is 4.39. The summed E-state index contributed by atoms with van der Waals surface area (Å²) in [4.78, 5) is 5.57. The van der Waals surface area contributed by atoms with Gasteiger partial charge in [-0.05, 0) is 50.7 Å². The van der Waals surface area contributed by atoms with Gasteiger partial charge in [-0.25, -0.2) is 0 Å². The van der Waals surface area contributed by atoms with E-state index in [0.29, 0.717) is 0 Å². The van der Waals surface area contributed by atoms with Crippen molar-refractivity contribution in [3.8, 4) is 0 Å². The van der Waals surface area contributed by atoms with Crippen LogP contribution in [0.1, 0.15) is 26.7 Å². The second kappa shape index (κ2) is 10.6. The fourth-order valence-electron chi connectivity index (χ4n) is 1.47. The Hall–Kier alpha value is -1.28. The van der Waals surface area contributed by atoms with E-state index in [-0.39, 0.29) is 0 Å². The zero-order valence-corrected chi connectivity index (χ0v) is 13.2. The summed E-state index contributed by atoms with van der Waals surface area (Å²) in [6, 6.07) is 0. The van der Waals surface area contributed by atoms with Gasteiger partial charge < -0.3 is 0 Å². The lowest BCUT2D eigenvalue weighted by Gasteiger charge is -2.06. The summed E-state index contributed by atoms with van der Waals surface area (Å²) >= 11 is 1.70. The van der Waals surface area contributed by atoms with E-state index < -0.39 is 0 Å². The van der Waals surface area contributed by atoms with E-state index in [1.807, 2.05) is 26.0 Å². The summed E-state index contributed by atoms with van der Waals surface area (Å²) in [6.07, 6.45) is 11.7. The van der Waals surface area contributed by atoms with E-state index in [4.69, 9.17) is 0 Å². The van der Waals surface area contributed by atoms with Crippen molar-refractivity contribution in [1.82, 2.24) is 0 Å². The van der Waals surface area contributed by atoms with Gasteiger partial charge in [0.05, 0.1) is 0 Å². The third-order valence-corrected chi connectivity index (χ3v) is 3.18. The molecule has 0 fully saturated rings. The highest BCUT2D eigenvalue weighted by Crippen LogP contribution is 2.20. The highest BCUT2D eigenvalue weighted by atomic mass is 32.2. The van der Waals surface area contributed by atoms with Crippen LogP contribution in [0.4, 0.5) is 0 Å². The van der Waals surface area contributed by atoms with Gasteiger partial charge in [0, 0.05) is 17.2 Å². The summed E-state index contributed by atoms with van der Waals surface area (Å²) in [6.45, 7) is 16.6. The fraction of sp³-hybridized carbons (Fsp3) is 0.353. The molecule has 0 unspecified atom stereocenters. The van der Waals surface area contributed by atoms with Crippen molar-refractivity contribution in [2.45, 2.75) is 26.7 Å². The minimum Gasteiger partial charge on any atom is -0.294 e. The van der Waals surface area contributed by atoms with Crippen molar-refractivity contribution in [3.63, 3.8) is 0 Å². The maximum atomic E-state index is 4.39. The molecule has 0 saturated carbocycles. The molecular weight excluding hydrogens is 250 g/mol. The number of aliphatic imine (C=N–C) groups is 1. The van der Waals surface area contributed by atoms with Gasteiger partial charge in [0.15, 0.2) is 0 Å². The van der Waals surface area contributed by atoms with Crippen LogP contribution in [0.5, 0.6) is 0 Å². The van der Waals surface area contributed by atoms with Gasteiger partial charge in [-0.2, -0.15) is 0 Å². The first-order valence-corrected chi connectivity index (χ1v) is 7.60. The molecule has 1 nitrogen and oxygen atoms in total. The number of rotatable bonds is 9. The average Bonchev–Trinajstić information content (AvgIpc) is 2.36. The van der Waals surface area contributed by atoms with Crippen LogP contribution in [-0.4, -0.2) is 18.5 Å². The minimum absolute atomic E-state index is 0.823. The maximum Gasteiger partial charge on any atom is 0.0425 e. The van der Waals surface area contributed by atoms with E-state index >= 15 is 0 Å². The Morgan fingerprint density at radius 1 is 1.26 bits per heavy atom. The summed E-state index contributed by atoms with van der Waals surface area (Å²) in [7, 11) is 0. The molecule has 0 radical (unpaired) electrons. The van der Waals surface area contributed by atoms with Gasteiger partial charge in [-0.1, -0.05) is 37.5 Å². The molecule has 0 aromatic rings. The second-order valence-corrected chi connectivity index (χ2v) is 5.32. The van der Waals surface area contributed by atoms with Crippen molar-refractivity contribution in [1.29, 1.82) is 0 Å². The van der Waals surface area contributed by atoms with Gasteiger partial charge in [0.1, 0.15) is 0 Å². The third kappa shape index (κ3) is 9.32. The van der Waals surface area contributed by atoms with Gasteiger partial charge in [0.2, 0.25) is 0 Å². The lowest BCUT2D eigenvalue weighted by atomic mass is 10.0. The summed E-state index contributed by atoms with van der Waals surface area (Å²) in [5, 5.41) is 0. The zero-order valence-electron chi connectivity index (χ0n) is 12.4. The van der Waals surface area contributed by atoms with Crippen LogP contribution >= 0.6 is 11.8 Å². The van der Waals surface area contributed by atoms with Crippen LogP contribution < -0.4 is 0 Å². The Kier molecular flexibility index (Phi) is 9.91. The molecule has 104 valence electrons. The quantitative estimate of drug-likeness (QED) is 0.314. The van der Waals surface area contributed by atoms with Crippen LogP contribution in [0.25, 0.3) is 0 Å². The van der Waals surface area contributed by atoms with Gasteiger partial charge in [-0.3, -0.25) is 4.99 Å². The molecule has 0 bridgehead atoms. The largest absolute Gasteiger partial charge is 0.294 e. The van der Waals surface area contributed by atoms with E-state index in [1.165, 1.54) is 16.1 Å². The lowest BCUT2D eigenvalue weighted by molar-refractivity contribution is 0.914. The van der Waals surface area contributed by atoms with Gasteiger partial charge >= 0.3 is 0 Å². The van der Waals surface area contributed by atoms with Crippen LogP contribution in [0, 0.1) is 0 Å². The van der Waals surface area contributed by atoms with Crippen LogP contribution in [0.2, 0.25) is 0 Å². The summed E-state index contributed by atoms with van der Waals surface area (Å²) in [5.41, 5.74) is 3.49. The van der Waals surface area contributed by atoms with Crippen LogP contribution in [0.3, 0.4) is 0 Å². The molecule has 0 saturated heterocycles. The molecule has 0 aliphatic carbocycles. The highest BCUT2D eigenvalue weighted by molar-refractivity contribution is 8.02. The van der Waals surface area contributed by atoms with Gasteiger partial charge in [0.25, 0.3) is 0 Å². The Balaban J connectivity index is 4.55. The first-order chi connectivity index (χ1) is 9.03. The van der Waals surface area contributed by atoms with Crippen molar-refractivity contribution < 1.29 is 0 Å². The molecule has 0 atom stereocenters. The molecule has 0 N–H and O–H groups in total. The minimum atomic E-state index is 0.823. The van der Waals surface area contributed by atoms with E-state index in [9.17, 15) is 0 Å². The summed E-state index contributed by atoms with van der Waals surface area (Å²) < 4.78 is 0. The second-order valence-electron chi connectivity index (χ2n) is 4.44. The van der Waals surface area contributed by atoms with E-state index in [0.717, 1.165) is 25.1 Å². The van der Waals surface area contributed by atoms with Crippen molar-refractivity contribution >= 4 is 17.5 Å². The topological polar surface area (TPSA) is 12.4 Å². The van der Waals surface area contributed by atoms with E-state index in [1.54, 1.807) is 17.8 Å². The Morgan fingerprint density at radius 2 is 1.95 bits per heavy atom. The van der Waals surface area contributed by atoms with Crippen LogP contribution in [0.15, 0.2) is 65.1 Å². The monoisotopic (exact) mass is 275 g/mol. The summed E-state index contributed by atoms with van der Waals surface area (Å²) in [5.74, 6) is 0. The average molecular weight is 275 g/mol. The molecule has 19 heavy (non-hydrogen) atoms. The van der Waals surface area contributed by atoms with Crippen molar-refractivity contribution in [2.24, 2.45) is 4.99 Å². The molecule has 0 aromatic heterocycles. The van der Waals surface area contributed by atoms with E-state index in [2.05, 4.69) is 37.1 Å². The number of nitrogens with zero attached hydrogens (tertiary/aromatic N) is 1. The van der Waals surface area contributed by atoms with Crippen molar-refractivity contribution in [3.05, 3.63) is 60.1 Å². The zero-order chi connectivity index (χ0) is 14.7. The molecule has 2 heteroatoms. The smallest absolute Gasteiger partial charge is 0.0425 e. The molecular formula is C17H25NS. The van der Waals surface area contributed by atoms with Crippen LogP contribution in [-0.2, 0) is 0 Å². The highest BCUT2D eigenvalue weighted by Gasteiger charge is 1.99. The molecule has 0 aliphatic rings. The first-order valence-electron chi connectivity index (χ1n) is 6.37. The van der Waals surface area contributed by atoms with Gasteiger partial charge in [-0.15, -0.1) is 11.8 Å². The predicted molar refractivity (Wildman–Crippen MR) is 92.1 cm³/mol. The van der Waals surface area contributed by atoms with Crippen molar-refractivity contribution in [2.75, 3.05) is 12.8 Å². The molecule has 0 aliphatic heterocycles. The number of allylic oxidation sites excluding steroid dienone is 5. The standard InChI is InChI=1S/C17H25NS/c1-7-9-17(19-6)13-16(8-2)12-15(5)10-11-18-14(3)4/h7-9,13H,1-2,5,10-12H2,3-4,6H3/b16-13+,17-9+. The molecule has 0 aromatic carbocycles. The lowest BCUT2D eigenvalue weighted by Crippen LogP contribution is -1.91. The fourth-order valence-corrected chi connectivity index (χ4v) is 1.97. The number of thioether (sulfide) groups is 1. The molecule has 0 amide bonds. The molecule has 0 rings (SSSR count). The third-order valence-electron chi connectivity index (χ3n) is 2.46. The SMILES string of the molecule is C=C/C=C(\C=C(/C=C)CC(=C)CCN=C(C)C)SC. The molecule has 0 spiro atoms. The predicted octanol–water partition coefficient (Wildman–Crippen LogP) is 5.35.